The van der Waals surface area contributed by atoms with Crippen LogP contribution in [0.4, 0.5) is 17.1 Å². The zero-order chi connectivity index (χ0) is 20.9. The molecule has 1 aliphatic heterocycles. The molecule has 0 saturated carbocycles. The van der Waals surface area contributed by atoms with Gasteiger partial charge in [-0.1, -0.05) is 42.5 Å². The third-order valence-corrected chi connectivity index (χ3v) is 4.89. The quantitative estimate of drug-likeness (QED) is 0.654. The van der Waals surface area contributed by atoms with Gasteiger partial charge >= 0.3 is 0 Å². The van der Waals surface area contributed by atoms with Crippen molar-refractivity contribution in [3.8, 4) is 5.75 Å². The summed E-state index contributed by atoms with van der Waals surface area (Å²) in [7, 11) is 0. The van der Waals surface area contributed by atoms with Crippen LogP contribution in [0.25, 0.3) is 0 Å². The molecule has 0 bridgehead atoms. The van der Waals surface area contributed by atoms with E-state index in [0.29, 0.717) is 18.0 Å². The van der Waals surface area contributed by atoms with Gasteiger partial charge in [0.2, 0.25) is 11.8 Å². The number of hydrogen-bond donors (Lipinski definition) is 2. The maximum Gasteiger partial charge on any atom is 0.249 e. The van der Waals surface area contributed by atoms with Crippen LogP contribution in [0.1, 0.15) is 12.5 Å². The largest absolute Gasteiger partial charge is 0.489 e. The molecular weight excluding hydrogens is 378 g/mol. The van der Waals surface area contributed by atoms with Crippen LogP contribution in [0, 0.1) is 0 Å². The van der Waals surface area contributed by atoms with Crippen molar-refractivity contribution in [2.24, 2.45) is 0 Å². The van der Waals surface area contributed by atoms with Crippen LogP contribution < -0.4 is 20.3 Å². The van der Waals surface area contributed by atoms with Gasteiger partial charge in [0.05, 0.1) is 11.4 Å². The minimum atomic E-state index is -0.500. The summed E-state index contributed by atoms with van der Waals surface area (Å²) in [5.74, 6) is 0.390. The maximum atomic E-state index is 13.0. The maximum absolute atomic E-state index is 13.0. The number of ether oxygens (including phenoxy) is 1. The standard InChI is InChI=1S/C24H23N3O3/c1-17(24(29)27-15-23(28)26-21-9-5-6-10-22(21)27)25-19-11-13-20(14-12-19)30-16-18-7-3-2-4-8-18/h2-14,17,25H,15-16H2,1H3,(H,26,28). The molecule has 3 aromatic carbocycles. The van der Waals surface area contributed by atoms with Crippen LogP contribution >= 0.6 is 0 Å². The molecule has 2 N–H and O–H groups in total. The first-order valence-electron chi connectivity index (χ1n) is 9.84. The highest BCUT2D eigenvalue weighted by Gasteiger charge is 2.29. The van der Waals surface area contributed by atoms with Gasteiger partial charge in [-0.2, -0.15) is 0 Å². The van der Waals surface area contributed by atoms with E-state index in [2.05, 4.69) is 10.6 Å². The molecule has 1 aliphatic rings. The summed E-state index contributed by atoms with van der Waals surface area (Å²) in [5.41, 5.74) is 3.26. The van der Waals surface area contributed by atoms with Crippen molar-refractivity contribution in [2.45, 2.75) is 19.6 Å². The van der Waals surface area contributed by atoms with E-state index >= 15 is 0 Å². The van der Waals surface area contributed by atoms with Crippen LogP contribution in [0.2, 0.25) is 0 Å². The number of fused-ring (bicyclic) bond motifs is 1. The summed E-state index contributed by atoms with van der Waals surface area (Å²) in [4.78, 5) is 26.5. The Morgan fingerprint density at radius 3 is 2.50 bits per heavy atom. The summed E-state index contributed by atoms with van der Waals surface area (Å²) in [5, 5.41) is 6.00. The van der Waals surface area contributed by atoms with Crippen molar-refractivity contribution >= 4 is 28.9 Å². The highest BCUT2D eigenvalue weighted by molar-refractivity contribution is 6.11. The lowest BCUT2D eigenvalue weighted by Gasteiger charge is -2.31. The minimum Gasteiger partial charge on any atom is -0.489 e. The molecule has 1 heterocycles. The smallest absolute Gasteiger partial charge is 0.249 e. The van der Waals surface area contributed by atoms with Gasteiger partial charge in [-0.25, -0.2) is 0 Å². The predicted molar refractivity (Wildman–Crippen MR) is 118 cm³/mol. The van der Waals surface area contributed by atoms with Crippen LogP contribution in [-0.4, -0.2) is 24.4 Å². The molecule has 6 nitrogen and oxygen atoms in total. The number of amides is 2. The third kappa shape index (κ3) is 4.43. The van der Waals surface area contributed by atoms with Crippen molar-refractivity contribution in [3.05, 3.63) is 84.4 Å². The zero-order valence-electron chi connectivity index (χ0n) is 16.7. The summed E-state index contributed by atoms with van der Waals surface area (Å²) >= 11 is 0. The Morgan fingerprint density at radius 1 is 1.03 bits per heavy atom. The van der Waals surface area contributed by atoms with Gasteiger partial charge in [0.25, 0.3) is 0 Å². The SMILES string of the molecule is CC(Nc1ccc(OCc2ccccc2)cc1)C(=O)N1CC(=O)Nc2ccccc21. The molecule has 2 amide bonds. The van der Waals surface area contributed by atoms with Gasteiger partial charge in [0.15, 0.2) is 0 Å². The number of nitrogens with one attached hydrogen (secondary N) is 2. The molecule has 0 fully saturated rings. The van der Waals surface area contributed by atoms with Gasteiger partial charge in [0.1, 0.15) is 24.9 Å². The first-order valence-corrected chi connectivity index (χ1v) is 9.84. The lowest BCUT2D eigenvalue weighted by Crippen LogP contribution is -2.47. The molecule has 1 unspecified atom stereocenters. The molecular formula is C24H23N3O3. The van der Waals surface area contributed by atoms with Crippen molar-refractivity contribution in [3.63, 3.8) is 0 Å². The highest BCUT2D eigenvalue weighted by Crippen LogP contribution is 2.29. The van der Waals surface area contributed by atoms with E-state index in [4.69, 9.17) is 4.74 Å². The summed E-state index contributed by atoms with van der Waals surface area (Å²) in [6.45, 7) is 2.30. The molecule has 0 aliphatic carbocycles. The fourth-order valence-electron chi connectivity index (χ4n) is 3.36. The number of rotatable bonds is 6. The fourth-order valence-corrected chi connectivity index (χ4v) is 3.36. The van der Waals surface area contributed by atoms with Crippen molar-refractivity contribution in [1.29, 1.82) is 0 Å². The van der Waals surface area contributed by atoms with E-state index in [-0.39, 0.29) is 18.4 Å². The second-order valence-electron chi connectivity index (χ2n) is 7.15. The lowest BCUT2D eigenvalue weighted by atomic mass is 10.1. The first kappa shape index (κ1) is 19.5. The minimum absolute atomic E-state index is 0.00807. The number of carbonyl (C=O) groups excluding carboxylic acids is 2. The first-order chi connectivity index (χ1) is 14.6. The highest BCUT2D eigenvalue weighted by atomic mass is 16.5. The van der Waals surface area contributed by atoms with Crippen molar-refractivity contribution < 1.29 is 14.3 Å². The van der Waals surface area contributed by atoms with E-state index in [1.165, 1.54) is 4.90 Å². The molecule has 1 atom stereocenters. The van der Waals surface area contributed by atoms with E-state index in [0.717, 1.165) is 17.0 Å². The van der Waals surface area contributed by atoms with Gasteiger partial charge in [-0.3, -0.25) is 14.5 Å². The van der Waals surface area contributed by atoms with E-state index in [1.54, 1.807) is 13.0 Å². The normalized spacial score (nSPS) is 13.8. The average Bonchev–Trinajstić information content (AvgIpc) is 2.78. The zero-order valence-corrected chi connectivity index (χ0v) is 16.7. The fraction of sp³-hybridized carbons (Fsp3) is 0.167. The number of nitrogens with zero attached hydrogens (tertiary/aromatic N) is 1. The Kier molecular flexibility index (Phi) is 5.66. The van der Waals surface area contributed by atoms with E-state index < -0.39 is 6.04 Å². The van der Waals surface area contributed by atoms with Crippen molar-refractivity contribution in [1.82, 2.24) is 0 Å². The van der Waals surface area contributed by atoms with Gasteiger partial charge in [-0.15, -0.1) is 0 Å². The molecule has 3 aromatic rings. The molecule has 0 saturated heterocycles. The van der Waals surface area contributed by atoms with Crippen LogP contribution in [0.3, 0.4) is 0 Å². The van der Waals surface area contributed by atoms with Crippen LogP contribution in [0.15, 0.2) is 78.9 Å². The Labute approximate surface area is 175 Å². The lowest BCUT2D eigenvalue weighted by molar-refractivity contribution is -0.122. The Morgan fingerprint density at radius 2 is 1.73 bits per heavy atom. The van der Waals surface area contributed by atoms with Crippen LogP contribution in [0.5, 0.6) is 5.75 Å². The molecule has 0 spiro atoms. The molecule has 4 rings (SSSR count). The second-order valence-corrected chi connectivity index (χ2v) is 7.15. The third-order valence-electron chi connectivity index (χ3n) is 4.89. The van der Waals surface area contributed by atoms with Gasteiger partial charge < -0.3 is 15.4 Å². The number of benzene rings is 3. The van der Waals surface area contributed by atoms with E-state index in [9.17, 15) is 9.59 Å². The molecule has 152 valence electrons. The molecule has 30 heavy (non-hydrogen) atoms. The Bertz CT molecular complexity index is 1040. The summed E-state index contributed by atoms with van der Waals surface area (Å²) in [6.07, 6.45) is 0. The van der Waals surface area contributed by atoms with Crippen LogP contribution in [-0.2, 0) is 16.2 Å². The monoisotopic (exact) mass is 401 g/mol. The number of hydrogen-bond acceptors (Lipinski definition) is 4. The Balaban J connectivity index is 1.38. The summed E-state index contributed by atoms with van der Waals surface area (Å²) in [6, 6.07) is 24.3. The number of carbonyl (C=O) groups is 2. The van der Waals surface area contributed by atoms with Gasteiger partial charge in [0, 0.05) is 5.69 Å². The topological polar surface area (TPSA) is 70.7 Å². The number of para-hydroxylation sites is 2. The summed E-state index contributed by atoms with van der Waals surface area (Å²) < 4.78 is 5.80. The average molecular weight is 401 g/mol. The van der Waals surface area contributed by atoms with Crippen molar-refractivity contribution in [2.75, 3.05) is 22.1 Å². The molecule has 6 heteroatoms. The Hall–Kier alpha value is -3.80. The van der Waals surface area contributed by atoms with E-state index in [1.807, 2.05) is 72.8 Å². The second kappa shape index (κ2) is 8.69. The molecule has 0 radical (unpaired) electrons. The number of anilines is 3. The predicted octanol–water partition coefficient (Wildman–Crippen LogP) is 4.05. The molecule has 0 aromatic heterocycles. The van der Waals surface area contributed by atoms with Gasteiger partial charge in [-0.05, 0) is 48.9 Å².